The number of aromatic nitrogens is 2. The summed E-state index contributed by atoms with van der Waals surface area (Å²) in [6, 6.07) is 10.3. The van der Waals surface area contributed by atoms with Gasteiger partial charge in [0.2, 0.25) is 0 Å². The van der Waals surface area contributed by atoms with E-state index in [1.807, 2.05) is 24.5 Å². The molecule has 0 unspecified atom stereocenters. The minimum absolute atomic E-state index is 1.06. The van der Waals surface area contributed by atoms with Crippen molar-refractivity contribution in [3.8, 4) is 11.4 Å². The highest BCUT2D eigenvalue weighted by Crippen LogP contribution is 2.09. The predicted molar refractivity (Wildman–Crippen MR) is 54.4 cm³/mol. The van der Waals surface area contributed by atoms with Crippen molar-refractivity contribution in [1.82, 2.24) is 0 Å². The van der Waals surface area contributed by atoms with Crippen molar-refractivity contribution in [2.75, 3.05) is 0 Å². The number of aromatic amines is 2. The molecule has 0 atom stereocenters. The zero-order valence-corrected chi connectivity index (χ0v) is 8.25. The Labute approximate surface area is 83.7 Å². The molecule has 0 saturated carbocycles. The summed E-state index contributed by atoms with van der Waals surface area (Å²) in [5, 5.41) is 0. The molecule has 2 rings (SSSR count). The Balaban J connectivity index is 2.42. The minimum Gasteiger partial charge on any atom is -0.206 e. The maximum absolute atomic E-state index is 3.23. The van der Waals surface area contributed by atoms with E-state index in [1.165, 1.54) is 5.56 Å². The van der Waals surface area contributed by atoms with Crippen LogP contribution in [-0.2, 0) is 6.42 Å². The van der Waals surface area contributed by atoms with Crippen LogP contribution in [0.3, 0.4) is 0 Å². The maximum atomic E-state index is 3.23. The first-order valence-electron chi connectivity index (χ1n) is 4.88. The molecule has 0 aliphatic heterocycles. The molecule has 0 radical (unpaired) electrons. The second-order valence-electron chi connectivity index (χ2n) is 3.24. The van der Waals surface area contributed by atoms with Gasteiger partial charge in [-0.05, 0) is 18.1 Å². The third kappa shape index (κ3) is 1.79. The largest absolute Gasteiger partial charge is 0.275 e. The Morgan fingerprint density at radius 3 is 2.57 bits per heavy atom. The van der Waals surface area contributed by atoms with Gasteiger partial charge in [-0.1, -0.05) is 6.92 Å². The molecule has 2 nitrogen and oxygen atoms in total. The van der Waals surface area contributed by atoms with Crippen molar-refractivity contribution in [3.63, 3.8) is 0 Å². The number of rotatable bonds is 2. The number of hydrogen-bond acceptors (Lipinski definition) is 0. The predicted octanol–water partition coefficient (Wildman–Crippen LogP) is 1.54. The summed E-state index contributed by atoms with van der Waals surface area (Å²) in [6.07, 6.45) is 4.98. The average Bonchev–Trinajstić information content (AvgIpc) is 2.30. The standard InChI is InChI=1S/C12H12N2/c1-2-10-6-8-14-12(9-10)11-5-3-4-7-13-11/h3-9H,2H2,1H3/p+2. The van der Waals surface area contributed by atoms with E-state index in [0.29, 0.717) is 0 Å². The van der Waals surface area contributed by atoms with Crippen molar-refractivity contribution in [3.05, 3.63) is 48.3 Å². The van der Waals surface area contributed by atoms with Gasteiger partial charge in [0.25, 0.3) is 11.4 Å². The molecule has 0 aliphatic rings. The molecule has 14 heavy (non-hydrogen) atoms. The molecule has 0 saturated heterocycles. The van der Waals surface area contributed by atoms with E-state index in [4.69, 9.17) is 0 Å². The fourth-order valence-electron chi connectivity index (χ4n) is 1.45. The van der Waals surface area contributed by atoms with Crippen LogP contribution in [0.4, 0.5) is 0 Å². The summed E-state index contributed by atoms with van der Waals surface area (Å²) in [5.74, 6) is 0. The smallest absolute Gasteiger partial charge is 0.206 e. The highest BCUT2D eigenvalue weighted by molar-refractivity contribution is 5.46. The fraction of sp³-hybridized carbons (Fsp3) is 0.167. The number of nitrogens with one attached hydrogen (secondary N) is 2. The molecular weight excluding hydrogens is 172 g/mol. The Kier molecular flexibility index (Phi) is 2.54. The first kappa shape index (κ1) is 8.88. The molecule has 0 fully saturated rings. The topological polar surface area (TPSA) is 28.3 Å². The highest BCUT2D eigenvalue weighted by Gasteiger charge is 2.10. The lowest BCUT2D eigenvalue weighted by Crippen LogP contribution is -2.14. The Morgan fingerprint density at radius 1 is 1.00 bits per heavy atom. The Morgan fingerprint density at radius 2 is 1.86 bits per heavy atom. The molecular formula is C12H14N2+2. The number of hydrogen-bond donors (Lipinski definition) is 0. The van der Waals surface area contributed by atoms with E-state index in [-0.39, 0.29) is 0 Å². The molecule has 2 aromatic rings. The summed E-state index contributed by atoms with van der Waals surface area (Å²) < 4.78 is 0. The molecule has 0 aromatic carbocycles. The van der Waals surface area contributed by atoms with Crippen molar-refractivity contribution in [2.45, 2.75) is 13.3 Å². The van der Waals surface area contributed by atoms with Crippen molar-refractivity contribution >= 4 is 0 Å². The van der Waals surface area contributed by atoms with E-state index in [2.05, 4.69) is 35.1 Å². The summed E-state index contributed by atoms with van der Waals surface area (Å²) >= 11 is 0. The lowest BCUT2D eigenvalue weighted by Gasteiger charge is -1.92. The highest BCUT2D eigenvalue weighted by atomic mass is 14.8. The molecule has 70 valence electrons. The molecule has 2 aromatic heterocycles. The van der Waals surface area contributed by atoms with Gasteiger partial charge in [0.15, 0.2) is 12.4 Å². The van der Waals surface area contributed by atoms with E-state index in [0.717, 1.165) is 17.8 Å². The second-order valence-corrected chi connectivity index (χ2v) is 3.24. The SMILES string of the molecule is CCc1cc[nH+]c(-c2cccc[nH+]2)c1. The van der Waals surface area contributed by atoms with Gasteiger partial charge in [-0.15, -0.1) is 0 Å². The monoisotopic (exact) mass is 186 g/mol. The van der Waals surface area contributed by atoms with Gasteiger partial charge in [-0.2, -0.15) is 0 Å². The zero-order chi connectivity index (χ0) is 9.80. The third-order valence-electron chi connectivity index (χ3n) is 2.27. The van der Waals surface area contributed by atoms with E-state index in [1.54, 1.807) is 0 Å². The number of aryl methyl sites for hydroxylation is 1. The van der Waals surface area contributed by atoms with E-state index in [9.17, 15) is 0 Å². The third-order valence-corrected chi connectivity index (χ3v) is 2.27. The summed E-state index contributed by atoms with van der Waals surface area (Å²) in [7, 11) is 0. The van der Waals surface area contributed by atoms with Crippen LogP contribution in [0.5, 0.6) is 0 Å². The quantitative estimate of drug-likeness (QED) is 0.680. The van der Waals surface area contributed by atoms with Gasteiger partial charge >= 0.3 is 0 Å². The van der Waals surface area contributed by atoms with Crippen LogP contribution in [0, 0.1) is 0 Å². The van der Waals surface area contributed by atoms with Crippen molar-refractivity contribution in [2.24, 2.45) is 0 Å². The van der Waals surface area contributed by atoms with Crippen LogP contribution >= 0.6 is 0 Å². The second kappa shape index (κ2) is 4.01. The van der Waals surface area contributed by atoms with E-state index < -0.39 is 0 Å². The average molecular weight is 186 g/mol. The molecule has 0 aliphatic carbocycles. The van der Waals surface area contributed by atoms with Gasteiger partial charge in [-0.3, -0.25) is 0 Å². The maximum Gasteiger partial charge on any atom is 0.275 e. The van der Waals surface area contributed by atoms with Gasteiger partial charge in [-0.25, -0.2) is 9.97 Å². The van der Waals surface area contributed by atoms with Crippen LogP contribution in [-0.4, -0.2) is 0 Å². The fourth-order valence-corrected chi connectivity index (χ4v) is 1.45. The summed E-state index contributed by atoms with van der Waals surface area (Å²) in [4.78, 5) is 6.43. The van der Waals surface area contributed by atoms with Crippen LogP contribution in [0.15, 0.2) is 42.7 Å². The van der Waals surface area contributed by atoms with Crippen molar-refractivity contribution in [1.29, 1.82) is 0 Å². The van der Waals surface area contributed by atoms with Crippen molar-refractivity contribution < 1.29 is 9.97 Å². The van der Waals surface area contributed by atoms with Crippen LogP contribution in [0.2, 0.25) is 0 Å². The van der Waals surface area contributed by atoms with Gasteiger partial charge in [0.05, 0.1) is 0 Å². The summed E-state index contributed by atoms with van der Waals surface area (Å²) in [6.45, 7) is 2.16. The van der Waals surface area contributed by atoms with E-state index >= 15 is 0 Å². The van der Waals surface area contributed by atoms with Gasteiger partial charge in [0, 0.05) is 24.3 Å². The summed E-state index contributed by atoms with van der Waals surface area (Å²) in [5.41, 5.74) is 3.59. The molecule has 2 heterocycles. The lowest BCUT2D eigenvalue weighted by atomic mass is 10.1. The molecule has 0 bridgehead atoms. The number of pyridine rings is 2. The first-order valence-corrected chi connectivity index (χ1v) is 4.88. The molecule has 2 heteroatoms. The van der Waals surface area contributed by atoms with Crippen LogP contribution < -0.4 is 9.97 Å². The lowest BCUT2D eigenvalue weighted by molar-refractivity contribution is -0.402. The Hall–Kier alpha value is -1.70. The number of H-pyrrole nitrogens is 2. The van der Waals surface area contributed by atoms with Crippen LogP contribution in [0.25, 0.3) is 11.4 Å². The minimum atomic E-state index is 1.06. The van der Waals surface area contributed by atoms with Crippen LogP contribution in [0.1, 0.15) is 12.5 Å². The Bertz CT molecular complexity index is 410. The zero-order valence-electron chi connectivity index (χ0n) is 8.25. The molecule has 0 spiro atoms. The molecule has 2 N–H and O–H groups in total. The van der Waals surface area contributed by atoms with Gasteiger partial charge in [0.1, 0.15) is 0 Å². The van der Waals surface area contributed by atoms with Gasteiger partial charge < -0.3 is 0 Å². The first-order chi connectivity index (χ1) is 6.90. The normalized spacial score (nSPS) is 10.1. The molecule has 0 amide bonds.